The summed E-state index contributed by atoms with van der Waals surface area (Å²) in [6.45, 7) is 0.137. The highest BCUT2D eigenvalue weighted by atomic mass is 16.7. The van der Waals surface area contributed by atoms with Crippen LogP contribution in [0.2, 0.25) is 0 Å². The monoisotopic (exact) mass is 175 g/mol. The van der Waals surface area contributed by atoms with E-state index in [4.69, 9.17) is 11.5 Å². The predicted octanol–water partition coefficient (Wildman–Crippen LogP) is -1.74. The molecule has 0 bridgehead atoms. The molecular formula is C6H13N3O3. The van der Waals surface area contributed by atoms with E-state index in [0.717, 1.165) is 0 Å². The first-order valence-corrected chi connectivity index (χ1v) is 3.56. The maximum atomic E-state index is 10.7. The molecule has 0 aromatic carbocycles. The van der Waals surface area contributed by atoms with Crippen molar-refractivity contribution in [3.63, 3.8) is 0 Å². The van der Waals surface area contributed by atoms with Crippen molar-refractivity contribution in [2.45, 2.75) is 12.8 Å². The second-order valence-corrected chi connectivity index (χ2v) is 2.17. The fourth-order valence-corrected chi connectivity index (χ4v) is 0.501. The number of nitrogens with one attached hydrogen (secondary N) is 1. The first kappa shape index (κ1) is 10.9. The molecule has 12 heavy (non-hydrogen) atoms. The van der Waals surface area contributed by atoms with Gasteiger partial charge in [-0.3, -0.25) is 14.4 Å². The summed E-state index contributed by atoms with van der Waals surface area (Å²) in [4.78, 5) is 25.3. The van der Waals surface area contributed by atoms with E-state index in [1.807, 2.05) is 0 Å². The molecule has 6 heteroatoms. The molecule has 0 unspecified atom stereocenters. The SMILES string of the molecule is NCCCC(=O)NOCC(N)=O. The lowest BCUT2D eigenvalue weighted by Gasteiger charge is -2.02. The number of carbonyl (C=O) groups is 2. The summed E-state index contributed by atoms with van der Waals surface area (Å²) >= 11 is 0. The second-order valence-electron chi connectivity index (χ2n) is 2.17. The van der Waals surface area contributed by atoms with Gasteiger partial charge in [0.15, 0.2) is 6.61 Å². The number of rotatable bonds is 6. The largest absolute Gasteiger partial charge is 0.368 e. The van der Waals surface area contributed by atoms with Crippen LogP contribution in [0.25, 0.3) is 0 Å². The van der Waals surface area contributed by atoms with Gasteiger partial charge in [-0.25, -0.2) is 5.48 Å². The number of nitrogens with two attached hydrogens (primary N) is 2. The van der Waals surface area contributed by atoms with Gasteiger partial charge in [0.2, 0.25) is 11.8 Å². The minimum Gasteiger partial charge on any atom is -0.368 e. The Hall–Kier alpha value is -1.14. The molecule has 0 atom stereocenters. The van der Waals surface area contributed by atoms with Gasteiger partial charge >= 0.3 is 0 Å². The van der Waals surface area contributed by atoms with E-state index in [2.05, 4.69) is 10.3 Å². The lowest BCUT2D eigenvalue weighted by atomic mass is 10.3. The van der Waals surface area contributed by atoms with E-state index < -0.39 is 5.91 Å². The summed E-state index contributed by atoms with van der Waals surface area (Å²) in [6.07, 6.45) is 0.876. The molecule has 0 radical (unpaired) electrons. The van der Waals surface area contributed by atoms with E-state index in [1.165, 1.54) is 0 Å². The van der Waals surface area contributed by atoms with Crippen molar-refractivity contribution >= 4 is 11.8 Å². The highest BCUT2D eigenvalue weighted by Gasteiger charge is 2.00. The normalized spacial score (nSPS) is 9.42. The Kier molecular flexibility index (Phi) is 5.94. The molecule has 0 fully saturated rings. The highest BCUT2D eigenvalue weighted by molar-refractivity contribution is 5.76. The van der Waals surface area contributed by atoms with Crippen LogP contribution in [-0.2, 0) is 14.4 Å². The summed E-state index contributed by atoms with van der Waals surface area (Å²) in [6, 6.07) is 0. The number of hydroxylamine groups is 1. The van der Waals surface area contributed by atoms with Gasteiger partial charge in [-0.05, 0) is 13.0 Å². The standard InChI is InChI=1S/C6H13N3O3/c7-3-1-2-6(11)9-12-4-5(8)10/h1-4,7H2,(H2,8,10)(H,9,11). The predicted molar refractivity (Wildman–Crippen MR) is 41.6 cm³/mol. The first-order chi connectivity index (χ1) is 5.66. The zero-order valence-corrected chi connectivity index (χ0v) is 6.71. The van der Waals surface area contributed by atoms with Crippen molar-refractivity contribution in [2.75, 3.05) is 13.2 Å². The molecule has 5 N–H and O–H groups in total. The van der Waals surface area contributed by atoms with Crippen LogP contribution in [0.1, 0.15) is 12.8 Å². The van der Waals surface area contributed by atoms with E-state index >= 15 is 0 Å². The Bertz CT molecular complexity index is 160. The Morgan fingerprint density at radius 2 is 2.08 bits per heavy atom. The van der Waals surface area contributed by atoms with Crippen LogP contribution in [0.3, 0.4) is 0 Å². The molecule has 0 heterocycles. The zero-order chi connectivity index (χ0) is 9.40. The summed E-state index contributed by atoms with van der Waals surface area (Å²) in [5, 5.41) is 0. The fraction of sp³-hybridized carbons (Fsp3) is 0.667. The van der Waals surface area contributed by atoms with E-state index in [-0.39, 0.29) is 18.9 Å². The molecule has 0 spiro atoms. The molecule has 0 saturated carbocycles. The third-order valence-corrected chi connectivity index (χ3v) is 1.01. The third kappa shape index (κ3) is 6.97. The van der Waals surface area contributed by atoms with Crippen molar-refractivity contribution in [2.24, 2.45) is 11.5 Å². The van der Waals surface area contributed by atoms with Crippen LogP contribution in [0.4, 0.5) is 0 Å². The summed E-state index contributed by atoms with van der Waals surface area (Å²) in [5.74, 6) is -0.934. The van der Waals surface area contributed by atoms with Gasteiger partial charge in [-0.2, -0.15) is 0 Å². The third-order valence-electron chi connectivity index (χ3n) is 1.01. The van der Waals surface area contributed by atoms with Crippen LogP contribution >= 0.6 is 0 Å². The van der Waals surface area contributed by atoms with Gasteiger partial charge in [0, 0.05) is 6.42 Å². The molecule has 2 amide bonds. The highest BCUT2D eigenvalue weighted by Crippen LogP contribution is 1.84. The van der Waals surface area contributed by atoms with Crippen molar-refractivity contribution in [3.05, 3.63) is 0 Å². The van der Waals surface area contributed by atoms with Gasteiger partial charge in [0.1, 0.15) is 0 Å². The van der Waals surface area contributed by atoms with Gasteiger partial charge < -0.3 is 11.5 Å². The molecule has 0 aliphatic rings. The van der Waals surface area contributed by atoms with Crippen LogP contribution in [0.15, 0.2) is 0 Å². The van der Waals surface area contributed by atoms with Gasteiger partial charge in [0.05, 0.1) is 0 Å². The molecule has 0 aliphatic carbocycles. The molecule has 0 aliphatic heterocycles. The van der Waals surface area contributed by atoms with Crippen LogP contribution in [0.5, 0.6) is 0 Å². The van der Waals surface area contributed by atoms with Crippen molar-refractivity contribution in [1.29, 1.82) is 0 Å². The maximum absolute atomic E-state index is 10.7. The Balaban J connectivity index is 3.25. The first-order valence-electron chi connectivity index (χ1n) is 3.56. The summed E-state index contributed by atoms with van der Waals surface area (Å²) in [7, 11) is 0. The minimum atomic E-state index is -0.630. The van der Waals surface area contributed by atoms with Gasteiger partial charge in [0.25, 0.3) is 0 Å². The molecule has 0 saturated heterocycles. The quantitative estimate of drug-likeness (QED) is 0.416. The molecule has 6 nitrogen and oxygen atoms in total. The topological polar surface area (TPSA) is 107 Å². The number of carbonyl (C=O) groups excluding carboxylic acids is 2. The number of hydrogen-bond acceptors (Lipinski definition) is 4. The molecule has 0 aromatic heterocycles. The van der Waals surface area contributed by atoms with Crippen LogP contribution in [0, 0.1) is 0 Å². The Labute approximate surface area is 70.2 Å². The zero-order valence-electron chi connectivity index (χ0n) is 6.71. The lowest BCUT2D eigenvalue weighted by Crippen LogP contribution is -2.29. The second kappa shape index (κ2) is 6.56. The number of amides is 2. The van der Waals surface area contributed by atoms with Crippen molar-refractivity contribution in [1.82, 2.24) is 5.48 Å². The average Bonchev–Trinajstić information content (AvgIpc) is 2.00. The van der Waals surface area contributed by atoms with Crippen LogP contribution in [-0.4, -0.2) is 25.0 Å². The fourth-order valence-electron chi connectivity index (χ4n) is 0.501. The maximum Gasteiger partial charge on any atom is 0.246 e. The molecular weight excluding hydrogens is 162 g/mol. The molecule has 0 aromatic rings. The Morgan fingerprint density at radius 1 is 1.42 bits per heavy atom. The number of hydrogen-bond donors (Lipinski definition) is 3. The minimum absolute atomic E-state index is 0.287. The average molecular weight is 175 g/mol. The summed E-state index contributed by atoms with van der Waals surface area (Å²) in [5.41, 5.74) is 12.0. The van der Waals surface area contributed by atoms with Gasteiger partial charge in [-0.1, -0.05) is 0 Å². The van der Waals surface area contributed by atoms with Crippen molar-refractivity contribution in [3.8, 4) is 0 Å². The molecule has 0 rings (SSSR count). The van der Waals surface area contributed by atoms with E-state index in [9.17, 15) is 9.59 Å². The van der Waals surface area contributed by atoms with Gasteiger partial charge in [-0.15, -0.1) is 0 Å². The smallest absolute Gasteiger partial charge is 0.246 e. The van der Waals surface area contributed by atoms with E-state index in [1.54, 1.807) is 0 Å². The molecule has 70 valence electrons. The summed E-state index contributed by atoms with van der Waals surface area (Å²) < 4.78 is 0. The lowest BCUT2D eigenvalue weighted by molar-refractivity contribution is -0.137. The number of primary amides is 1. The Morgan fingerprint density at radius 3 is 2.58 bits per heavy atom. The van der Waals surface area contributed by atoms with E-state index in [0.29, 0.717) is 13.0 Å². The van der Waals surface area contributed by atoms with Crippen LogP contribution < -0.4 is 16.9 Å². The van der Waals surface area contributed by atoms with Crippen molar-refractivity contribution < 1.29 is 14.4 Å².